The fraction of sp³-hybridized carbons (Fsp3) is 0.214. The average molecular weight is 573 g/mol. The maximum absolute atomic E-state index is 13.2. The van der Waals surface area contributed by atoms with Crippen molar-refractivity contribution in [2.24, 2.45) is 0 Å². The van der Waals surface area contributed by atoms with E-state index in [-0.39, 0.29) is 31.7 Å². The van der Waals surface area contributed by atoms with Crippen molar-refractivity contribution in [3.8, 4) is 17.2 Å². The molecule has 1 amide bonds. The highest BCUT2D eigenvalue weighted by atomic mass is 19.4. The van der Waals surface area contributed by atoms with Gasteiger partial charge in [-0.05, 0) is 48.0 Å². The second-order valence-electron chi connectivity index (χ2n) is 8.73. The third-order valence-electron chi connectivity index (χ3n) is 5.59. The van der Waals surface area contributed by atoms with Gasteiger partial charge in [-0.15, -0.1) is 13.2 Å². The average Bonchev–Trinajstić information content (AvgIpc) is 3.43. The Kier molecular flexibility index (Phi) is 9.64. The summed E-state index contributed by atoms with van der Waals surface area (Å²) in [6.45, 7) is -0.820. The van der Waals surface area contributed by atoms with Gasteiger partial charge in [-0.25, -0.2) is 14.1 Å². The molecule has 0 aliphatic rings. The van der Waals surface area contributed by atoms with Crippen LogP contribution in [-0.4, -0.2) is 45.5 Å². The molecule has 4 rings (SSSR count). The zero-order chi connectivity index (χ0) is 29.2. The van der Waals surface area contributed by atoms with Crippen molar-refractivity contribution in [3.63, 3.8) is 0 Å². The predicted molar refractivity (Wildman–Crippen MR) is 136 cm³/mol. The summed E-state index contributed by atoms with van der Waals surface area (Å²) in [6, 6.07) is 16.4. The van der Waals surface area contributed by atoms with Gasteiger partial charge in [0, 0.05) is 12.0 Å². The molecule has 0 saturated heterocycles. The number of Topliss-reactive ketones (excluding diaryl/α,β-unsaturated/α-hetero) is 1. The van der Waals surface area contributed by atoms with E-state index in [1.165, 1.54) is 59.8 Å². The smallest absolute Gasteiger partial charge is 0.457 e. The summed E-state index contributed by atoms with van der Waals surface area (Å²) in [5, 5.41) is 6.45. The first kappa shape index (κ1) is 29.2. The molecule has 0 fully saturated rings. The van der Waals surface area contributed by atoms with E-state index in [1.54, 1.807) is 24.3 Å². The number of nitrogens with one attached hydrogen (secondary N) is 1. The summed E-state index contributed by atoms with van der Waals surface area (Å²) in [7, 11) is 0. The van der Waals surface area contributed by atoms with Crippen LogP contribution in [0.25, 0.3) is 0 Å². The Hall–Kier alpha value is -4.78. The number of carbonyl (C=O) groups excluding carboxylic acids is 2. The van der Waals surface area contributed by atoms with Crippen LogP contribution in [0.2, 0.25) is 0 Å². The number of nitrogens with zero attached hydrogens (tertiary/aromatic N) is 3. The predicted octanol–water partition coefficient (Wildman–Crippen LogP) is 4.62. The van der Waals surface area contributed by atoms with Crippen LogP contribution >= 0.6 is 0 Å². The van der Waals surface area contributed by atoms with Gasteiger partial charge in [0.25, 0.3) is 0 Å². The second kappa shape index (κ2) is 13.5. The Balaban J connectivity index is 1.40. The maximum Gasteiger partial charge on any atom is 0.573 e. The van der Waals surface area contributed by atoms with Gasteiger partial charge in [0.1, 0.15) is 48.3 Å². The Morgan fingerprint density at radius 3 is 2.29 bits per heavy atom. The van der Waals surface area contributed by atoms with Crippen molar-refractivity contribution in [1.82, 2.24) is 20.1 Å². The van der Waals surface area contributed by atoms with Gasteiger partial charge in [-0.3, -0.25) is 9.59 Å². The molecule has 0 unspecified atom stereocenters. The molecule has 0 bridgehead atoms. The van der Waals surface area contributed by atoms with Crippen LogP contribution in [0.1, 0.15) is 11.1 Å². The fourth-order valence-corrected chi connectivity index (χ4v) is 3.69. The number of ketones is 1. The number of halogens is 4. The zero-order valence-corrected chi connectivity index (χ0v) is 21.4. The minimum atomic E-state index is -4.89. The molecule has 0 aliphatic heterocycles. The largest absolute Gasteiger partial charge is 0.573 e. The third-order valence-corrected chi connectivity index (χ3v) is 5.59. The van der Waals surface area contributed by atoms with Gasteiger partial charge in [0.2, 0.25) is 5.91 Å². The maximum atomic E-state index is 13.2. The van der Waals surface area contributed by atoms with E-state index in [9.17, 15) is 27.2 Å². The molecule has 0 aliphatic carbocycles. The summed E-state index contributed by atoms with van der Waals surface area (Å²) >= 11 is 0. The lowest BCUT2D eigenvalue weighted by Crippen LogP contribution is -2.46. The number of amides is 1. The first-order valence-corrected chi connectivity index (χ1v) is 12.2. The van der Waals surface area contributed by atoms with Gasteiger partial charge in [0.05, 0.1) is 13.2 Å². The Morgan fingerprint density at radius 1 is 0.951 bits per heavy atom. The molecule has 4 aromatic rings. The summed E-state index contributed by atoms with van der Waals surface area (Å²) in [5.41, 5.74) is 0.725. The highest BCUT2D eigenvalue weighted by Gasteiger charge is 2.32. The normalized spacial score (nSPS) is 12.0. The number of alkyl halides is 3. The molecule has 1 N–H and O–H groups in total. The second-order valence-corrected chi connectivity index (χ2v) is 8.73. The molecule has 0 saturated carbocycles. The van der Waals surface area contributed by atoms with Crippen LogP contribution < -0.4 is 14.8 Å². The van der Waals surface area contributed by atoms with Crippen LogP contribution in [0.15, 0.2) is 85.5 Å². The fourth-order valence-electron chi connectivity index (χ4n) is 3.69. The van der Waals surface area contributed by atoms with Gasteiger partial charge < -0.3 is 19.5 Å². The number of benzene rings is 3. The number of rotatable bonds is 13. The summed E-state index contributed by atoms with van der Waals surface area (Å²) in [5.74, 6) is -0.860. The summed E-state index contributed by atoms with van der Waals surface area (Å²) in [6.07, 6.45) is -2.38. The standard InChI is InChI=1S/C28H24F4N4O5/c29-21-7-11-23(12-8-21)40-22-9-5-19(6-10-22)13-25(37)24(35-27(38)14-36-18-33-17-34-36)16-39-15-20-3-1-2-4-26(20)41-28(30,31)32/h1-12,17-18,24H,13-16H2,(H,35,38)/t24-/m0/s1. The Bertz CT molecular complexity index is 1430. The van der Waals surface area contributed by atoms with E-state index in [0.29, 0.717) is 17.1 Å². The number of para-hydroxylation sites is 1. The highest BCUT2D eigenvalue weighted by Crippen LogP contribution is 2.27. The molecule has 1 atom stereocenters. The van der Waals surface area contributed by atoms with Crippen LogP contribution in [0.4, 0.5) is 17.6 Å². The number of ether oxygens (including phenoxy) is 3. The quantitative estimate of drug-likeness (QED) is 0.233. The first-order chi connectivity index (χ1) is 19.6. The van der Waals surface area contributed by atoms with Crippen LogP contribution in [-0.2, 0) is 33.9 Å². The lowest BCUT2D eigenvalue weighted by molar-refractivity contribution is -0.275. The lowest BCUT2D eigenvalue weighted by atomic mass is 10.0. The molecule has 13 heteroatoms. The monoisotopic (exact) mass is 572 g/mol. The third kappa shape index (κ3) is 9.42. The van der Waals surface area contributed by atoms with E-state index in [2.05, 4.69) is 20.1 Å². The molecule has 3 aromatic carbocycles. The minimum Gasteiger partial charge on any atom is -0.457 e. The number of hydrogen-bond donors (Lipinski definition) is 1. The number of carbonyl (C=O) groups is 2. The highest BCUT2D eigenvalue weighted by molar-refractivity contribution is 5.90. The van der Waals surface area contributed by atoms with E-state index in [1.807, 2.05) is 0 Å². The van der Waals surface area contributed by atoms with E-state index < -0.39 is 35.7 Å². The van der Waals surface area contributed by atoms with Gasteiger partial charge in [0.15, 0.2) is 5.78 Å². The topological polar surface area (TPSA) is 105 Å². The SMILES string of the molecule is O=C(Cn1cncn1)N[C@@H](COCc1ccccc1OC(F)(F)F)C(=O)Cc1ccc(Oc2ccc(F)cc2)cc1. The van der Waals surface area contributed by atoms with Crippen LogP contribution in [0.5, 0.6) is 17.2 Å². The van der Waals surface area contributed by atoms with Crippen molar-refractivity contribution in [3.05, 3.63) is 102 Å². The van der Waals surface area contributed by atoms with E-state index >= 15 is 0 Å². The van der Waals surface area contributed by atoms with E-state index in [4.69, 9.17) is 9.47 Å². The van der Waals surface area contributed by atoms with Crippen LogP contribution in [0, 0.1) is 5.82 Å². The molecule has 0 radical (unpaired) electrons. The van der Waals surface area contributed by atoms with Crippen molar-refractivity contribution >= 4 is 11.7 Å². The van der Waals surface area contributed by atoms with E-state index in [0.717, 1.165) is 6.07 Å². The molecule has 1 aromatic heterocycles. The molecule has 9 nitrogen and oxygen atoms in total. The summed E-state index contributed by atoms with van der Waals surface area (Å²) < 4.78 is 67.9. The van der Waals surface area contributed by atoms with Gasteiger partial charge in [-0.1, -0.05) is 30.3 Å². The zero-order valence-electron chi connectivity index (χ0n) is 21.4. The summed E-state index contributed by atoms with van der Waals surface area (Å²) in [4.78, 5) is 29.5. The van der Waals surface area contributed by atoms with Crippen molar-refractivity contribution in [2.45, 2.75) is 32.0 Å². The molecular formula is C28H24F4N4O5. The first-order valence-electron chi connectivity index (χ1n) is 12.2. The van der Waals surface area contributed by atoms with Gasteiger partial charge >= 0.3 is 6.36 Å². The molecular weight excluding hydrogens is 548 g/mol. The number of hydrogen-bond acceptors (Lipinski definition) is 7. The van der Waals surface area contributed by atoms with Crippen molar-refractivity contribution in [1.29, 1.82) is 0 Å². The molecule has 214 valence electrons. The van der Waals surface area contributed by atoms with Gasteiger partial charge in [-0.2, -0.15) is 5.10 Å². The lowest BCUT2D eigenvalue weighted by Gasteiger charge is -2.19. The Morgan fingerprint density at radius 2 is 1.63 bits per heavy atom. The molecule has 0 spiro atoms. The molecule has 1 heterocycles. The Labute approximate surface area is 231 Å². The van der Waals surface area contributed by atoms with Crippen LogP contribution in [0.3, 0.4) is 0 Å². The molecule has 41 heavy (non-hydrogen) atoms. The minimum absolute atomic E-state index is 0.0811. The number of aromatic nitrogens is 3. The van der Waals surface area contributed by atoms with Crippen molar-refractivity contribution < 1.29 is 41.4 Å². The van der Waals surface area contributed by atoms with Crippen molar-refractivity contribution in [2.75, 3.05) is 6.61 Å².